The number of aliphatic hydroxyl groups excluding tert-OH is 1. The number of benzene rings is 2. The van der Waals surface area contributed by atoms with E-state index in [1.165, 1.54) is 38.4 Å². The van der Waals surface area contributed by atoms with Gasteiger partial charge in [0.15, 0.2) is 23.1 Å². The van der Waals surface area contributed by atoms with E-state index in [2.05, 4.69) is 4.90 Å². The molecule has 10 nitrogen and oxygen atoms in total. The van der Waals surface area contributed by atoms with Crippen molar-refractivity contribution in [3.8, 4) is 23.0 Å². The van der Waals surface area contributed by atoms with Crippen LogP contribution < -0.4 is 18.9 Å². The minimum atomic E-state index is -0.983. The third-order valence-electron chi connectivity index (χ3n) is 7.09. The number of amides is 1. The fraction of sp³-hybridized carbons (Fsp3) is 0.467. The van der Waals surface area contributed by atoms with E-state index in [1.54, 1.807) is 26.0 Å². The number of nitrogens with zero attached hydrogens (tertiary/aromatic N) is 2. The summed E-state index contributed by atoms with van der Waals surface area (Å²) in [6, 6.07) is 6.22. The largest absolute Gasteiger partial charge is 0.507 e. The minimum absolute atomic E-state index is 0.0151. The second kappa shape index (κ2) is 13.2. The SMILES string of the molecule is COc1cc([C@H]2C(=C(O)c3ccc(OC(C)C)c(F)c3)C(=O)C(=O)N2CCCN2CCOCC2)cc(OC)c1OC. The van der Waals surface area contributed by atoms with Crippen molar-refractivity contribution >= 4 is 17.4 Å². The summed E-state index contributed by atoms with van der Waals surface area (Å²) in [5.74, 6) is -1.82. The van der Waals surface area contributed by atoms with Gasteiger partial charge in [0, 0.05) is 31.7 Å². The lowest BCUT2D eigenvalue weighted by Crippen LogP contribution is -2.39. The van der Waals surface area contributed by atoms with E-state index < -0.39 is 29.3 Å². The smallest absolute Gasteiger partial charge is 0.295 e. The molecule has 41 heavy (non-hydrogen) atoms. The second-order valence-corrected chi connectivity index (χ2v) is 10.1. The Balaban J connectivity index is 1.79. The van der Waals surface area contributed by atoms with Crippen molar-refractivity contribution in [2.45, 2.75) is 32.4 Å². The number of morpholine rings is 1. The molecular weight excluding hydrogens is 535 g/mol. The zero-order valence-electron chi connectivity index (χ0n) is 24.1. The molecule has 2 aliphatic rings. The maximum Gasteiger partial charge on any atom is 0.295 e. The summed E-state index contributed by atoms with van der Waals surface area (Å²) in [6.45, 7) is 7.36. The molecule has 0 spiro atoms. The van der Waals surface area contributed by atoms with Crippen molar-refractivity contribution in [2.75, 3.05) is 60.7 Å². The Bertz CT molecular complexity index is 1280. The Morgan fingerprint density at radius 3 is 2.22 bits per heavy atom. The number of hydrogen-bond acceptors (Lipinski definition) is 9. The van der Waals surface area contributed by atoms with Gasteiger partial charge >= 0.3 is 0 Å². The summed E-state index contributed by atoms with van der Waals surface area (Å²) in [6.07, 6.45) is 0.330. The van der Waals surface area contributed by atoms with Crippen LogP contribution in [0.5, 0.6) is 23.0 Å². The van der Waals surface area contributed by atoms with Gasteiger partial charge in [0.05, 0.1) is 52.3 Å². The molecule has 2 aliphatic heterocycles. The van der Waals surface area contributed by atoms with Crippen molar-refractivity contribution in [3.05, 3.63) is 52.8 Å². The molecular formula is C30H37FN2O8. The van der Waals surface area contributed by atoms with E-state index in [0.717, 1.165) is 19.2 Å². The Morgan fingerprint density at radius 2 is 1.66 bits per heavy atom. The first kappa shape index (κ1) is 30.1. The number of carbonyl (C=O) groups is 2. The molecule has 0 saturated carbocycles. The molecule has 1 atom stereocenters. The third kappa shape index (κ3) is 6.41. The second-order valence-electron chi connectivity index (χ2n) is 10.1. The van der Waals surface area contributed by atoms with Gasteiger partial charge in [-0.25, -0.2) is 4.39 Å². The van der Waals surface area contributed by atoms with Crippen LogP contribution in [-0.4, -0.2) is 93.4 Å². The molecule has 0 aliphatic carbocycles. The number of rotatable bonds is 11. The van der Waals surface area contributed by atoms with E-state index in [4.69, 9.17) is 23.7 Å². The summed E-state index contributed by atoms with van der Waals surface area (Å²) in [5, 5.41) is 11.4. The maximum atomic E-state index is 14.9. The summed E-state index contributed by atoms with van der Waals surface area (Å²) < 4.78 is 42.2. The highest BCUT2D eigenvalue weighted by Crippen LogP contribution is 2.46. The van der Waals surface area contributed by atoms with Crippen LogP contribution in [0.2, 0.25) is 0 Å². The number of ether oxygens (including phenoxy) is 5. The highest BCUT2D eigenvalue weighted by atomic mass is 19.1. The Hall–Kier alpha value is -3.83. The molecule has 2 saturated heterocycles. The minimum Gasteiger partial charge on any atom is -0.507 e. The third-order valence-corrected chi connectivity index (χ3v) is 7.09. The quantitative estimate of drug-likeness (QED) is 0.245. The molecule has 2 fully saturated rings. The van der Waals surface area contributed by atoms with Gasteiger partial charge in [-0.3, -0.25) is 14.5 Å². The number of aliphatic hydroxyl groups is 1. The van der Waals surface area contributed by atoms with Crippen LogP contribution in [-0.2, 0) is 14.3 Å². The van der Waals surface area contributed by atoms with Gasteiger partial charge < -0.3 is 33.7 Å². The first-order chi connectivity index (χ1) is 19.7. The summed E-state index contributed by atoms with van der Waals surface area (Å²) >= 11 is 0. The fourth-order valence-corrected chi connectivity index (χ4v) is 5.16. The summed E-state index contributed by atoms with van der Waals surface area (Å²) in [5.41, 5.74) is 0.349. The maximum absolute atomic E-state index is 14.9. The lowest BCUT2D eigenvalue weighted by atomic mass is 9.94. The van der Waals surface area contributed by atoms with Crippen molar-refractivity contribution < 1.29 is 42.8 Å². The van der Waals surface area contributed by atoms with Crippen molar-refractivity contribution in [1.29, 1.82) is 0 Å². The highest BCUT2D eigenvalue weighted by Gasteiger charge is 2.46. The molecule has 0 unspecified atom stereocenters. The first-order valence-electron chi connectivity index (χ1n) is 13.5. The predicted molar refractivity (Wildman–Crippen MR) is 149 cm³/mol. The number of ketones is 1. The standard InChI is InChI=1S/C30H37FN2O8/c1-18(2)41-22-8-7-19(15-21(22)31)27(34)25-26(20-16-23(37-3)29(39-5)24(17-20)38-4)33(30(36)28(25)35)10-6-9-32-11-13-40-14-12-32/h7-8,15-18,26,34H,6,9-14H2,1-5H3/t26-/m0/s1. The Kier molecular flexibility index (Phi) is 9.72. The van der Waals surface area contributed by atoms with Gasteiger partial charge in [-0.15, -0.1) is 0 Å². The summed E-state index contributed by atoms with van der Waals surface area (Å²) in [4.78, 5) is 30.5. The average Bonchev–Trinajstić information content (AvgIpc) is 3.22. The van der Waals surface area contributed by atoms with E-state index >= 15 is 0 Å². The van der Waals surface area contributed by atoms with Crippen LogP contribution in [0, 0.1) is 5.82 Å². The summed E-state index contributed by atoms with van der Waals surface area (Å²) in [7, 11) is 4.40. The van der Waals surface area contributed by atoms with Crippen molar-refractivity contribution in [1.82, 2.24) is 9.80 Å². The fourth-order valence-electron chi connectivity index (χ4n) is 5.16. The van der Waals surface area contributed by atoms with Gasteiger partial charge in [-0.1, -0.05) is 0 Å². The van der Waals surface area contributed by atoms with E-state index in [0.29, 0.717) is 49.0 Å². The van der Waals surface area contributed by atoms with Crippen LogP contribution in [0.4, 0.5) is 4.39 Å². The van der Waals surface area contributed by atoms with E-state index in [-0.39, 0.29) is 29.5 Å². The molecule has 1 amide bonds. The van der Waals surface area contributed by atoms with Crippen LogP contribution in [0.25, 0.3) is 5.76 Å². The average molecular weight is 573 g/mol. The van der Waals surface area contributed by atoms with Crippen LogP contribution >= 0.6 is 0 Å². The zero-order valence-corrected chi connectivity index (χ0v) is 24.1. The van der Waals surface area contributed by atoms with Crippen LogP contribution in [0.1, 0.15) is 37.4 Å². The normalized spacial score (nSPS) is 19.1. The highest BCUT2D eigenvalue weighted by molar-refractivity contribution is 6.46. The lowest BCUT2D eigenvalue weighted by Gasteiger charge is -2.29. The molecule has 2 aromatic rings. The Labute approximate surface area is 239 Å². The molecule has 2 heterocycles. The zero-order chi connectivity index (χ0) is 29.7. The molecule has 0 radical (unpaired) electrons. The topological polar surface area (TPSA) is 107 Å². The van der Waals surface area contributed by atoms with Gasteiger partial charge in [-0.2, -0.15) is 0 Å². The molecule has 0 aromatic heterocycles. The molecule has 4 rings (SSSR count). The number of methoxy groups -OCH3 is 3. The van der Waals surface area contributed by atoms with Gasteiger partial charge in [-0.05, 0) is 56.2 Å². The molecule has 2 aromatic carbocycles. The van der Waals surface area contributed by atoms with Gasteiger partial charge in [0.25, 0.3) is 11.7 Å². The number of Topliss-reactive ketones (excluding diaryl/α,β-unsaturated/α-hetero) is 1. The van der Waals surface area contributed by atoms with Gasteiger partial charge in [0.2, 0.25) is 5.75 Å². The first-order valence-corrected chi connectivity index (χ1v) is 13.5. The monoisotopic (exact) mass is 572 g/mol. The number of halogens is 1. The van der Waals surface area contributed by atoms with Gasteiger partial charge in [0.1, 0.15) is 5.76 Å². The number of hydrogen-bond donors (Lipinski definition) is 1. The Morgan fingerprint density at radius 1 is 1.00 bits per heavy atom. The van der Waals surface area contributed by atoms with Crippen molar-refractivity contribution in [2.24, 2.45) is 0 Å². The number of likely N-dealkylation sites (tertiary alicyclic amines) is 1. The number of carbonyl (C=O) groups excluding carboxylic acids is 2. The molecule has 1 N–H and O–H groups in total. The molecule has 11 heteroatoms. The molecule has 0 bridgehead atoms. The predicted octanol–water partition coefficient (Wildman–Crippen LogP) is 3.78. The molecule has 222 valence electrons. The van der Waals surface area contributed by atoms with E-state index in [1.807, 2.05) is 0 Å². The van der Waals surface area contributed by atoms with Crippen LogP contribution in [0.3, 0.4) is 0 Å². The lowest BCUT2D eigenvalue weighted by molar-refractivity contribution is -0.140. The van der Waals surface area contributed by atoms with E-state index in [9.17, 15) is 19.1 Å². The van der Waals surface area contributed by atoms with Crippen LogP contribution in [0.15, 0.2) is 35.9 Å². The van der Waals surface area contributed by atoms with Crippen molar-refractivity contribution in [3.63, 3.8) is 0 Å².